The average molecular weight is 274 g/mol. The van der Waals surface area contributed by atoms with Crippen molar-refractivity contribution in [3.8, 4) is 0 Å². The molecular weight excluding hydrogens is 259 g/mol. The van der Waals surface area contributed by atoms with Gasteiger partial charge in [-0.25, -0.2) is 4.39 Å². The van der Waals surface area contributed by atoms with Crippen molar-refractivity contribution in [2.45, 2.75) is 13.3 Å². The van der Waals surface area contributed by atoms with Gasteiger partial charge in [-0.05, 0) is 37.1 Å². The number of nitro groups is 1. The second-order valence-corrected chi connectivity index (χ2v) is 4.51. The molecule has 0 radical (unpaired) electrons. The molecule has 0 atom stereocenters. The number of nitrogens with one attached hydrogen (secondary N) is 1. The maximum atomic E-state index is 13.0. The van der Waals surface area contributed by atoms with Gasteiger partial charge in [0.2, 0.25) is 0 Å². The van der Waals surface area contributed by atoms with E-state index in [-0.39, 0.29) is 11.5 Å². The predicted octanol–water partition coefficient (Wildman–Crippen LogP) is 3.70. The van der Waals surface area contributed by atoms with Gasteiger partial charge in [0.05, 0.1) is 4.92 Å². The fraction of sp³-hybridized carbons (Fsp3) is 0.200. The third-order valence-corrected chi connectivity index (χ3v) is 3.12. The van der Waals surface area contributed by atoms with Crippen molar-refractivity contribution in [2.75, 3.05) is 11.9 Å². The Balaban J connectivity index is 2.01. The molecule has 104 valence electrons. The lowest BCUT2D eigenvalue weighted by Crippen LogP contribution is -2.07. The van der Waals surface area contributed by atoms with Crippen molar-refractivity contribution in [3.63, 3.8) is 0 Å². The van der Waals surface area contributed by atoms with Crippen molar-refractivity contribution in [2.24, 2.45) is 0 Å². The van der Waals surface area contributed by atoms with Gasteiger partial charge in [-0.15, -0.1) is 0 Å². The van der Waals surface area contributed by atoms with Gasteiger partial charge in [0.25, 0.3) is 5.69 Å². The first-order valence-corrected chi connectivity index (χ1v) is 6.30. The van der Waals surface area contributed by atoms with E-state index in [9.17, 15) is 14.5 Å². The summed E-state index contributed by atoms with van der Waals surface area (Å²) in [6.07, 6.45) is 0.653. The standard InChI is InChI=1S/C15H15FN2O2/c1-11-14(6-3-7-15(11)18(19)20)17-9-8-12-4-2-5-13(16)10-12/h2-7,10,17H,8-9H2,1H3. The Kier molecular flexibility index (Phi) is 4.30. The quantitative estimate of drug-likeness (QED) is 0.668. The van der Waals surface area contributed by atoms with Crippen LogP contribution in [0.1, 0.15) is 11.1 Å². The van der Waals surface area contributed by atoms with E-state index in [0.717, 1.165) is 11.3 Å². The molecule has 0 aliphatic carbocycles. The normalized spacial score (nSPS) is 10.3. The lowest BCUT2D eigenvalue weighted by atomic mass is 10.1. The molecule has 0 saturated heterocycles. The lowest BCUT2D eigenvalue weighted by molar-refractivity contribution is -0.385. The van der Waals surface area contributed by atoms with Crippen LogP contribution < -0.4 is 5.32 Å². The van der Waals surface area contributed by atoms with Crippen molar-refractivity contribution < 1.29 is 9.31 Å². The zero-order valence-corrected chi connectivity index (χ0v) is 11.1. The van der Waals surface area contributed by atoms with Gasteiger partial charge in [0.15, 0.2) is 0 Å². The van der Waals surface area contributed by atoms with Crippen LogP contribution in [0.3, 0.4) is 0 Å². The monoisotopic (exact) mass is 274 g/mol. The Bertz CT molecular complexity index is 629. The minimum atomic E-state index is -0.396. The first-order valence-electron chi connectivity index (χ1n) is 6.30. The summed E-state index contributed by atoms with van der Waals surface area (Å²) < 4.78 is 13.0. The summed E-state index contributed by atoms with van der Waals surface area (Å²) in [6.45, 7) is 2.30. The molecule has 0 bridgehead atoms. The van der Waals surface area contributed by atoms with Crippen molar-refractivity contribution in [1.82, 2.24) is 0 Å². The van der Waals surface area contributed by atoms with E-state index in [0.29, 0.717) is 18.5 Å². The minimum absolute atomic E-state index is 0.0979. The summed E-state index contributed by atoms with van der Waals surface area (Å²) >= 11 is 0. The highest BCUT2D eigenvalue weighted by Gasteiger charge is 2.12. The number of hydrogen-bond donors (Lipinski definition) is 1. The number of anilines is 1. The van der Waals surface area contributed by atoms with Crippen LogP contribution in [-0.4, -0.2) is 11.5 Å². The third kappa shape index (κ3) is 3.32. The van der Waals surface area contributed by atoms with Crippen molar-refractivity contribution in [1.29, 1.82) is 0 Å². The van der Waals surface area contributed by atoms with Gasteiger partial charge in [-0.2, -0.15) is 0 Å². The SMILES string of the molecule is Cc1c(NCCc2cccc(F)c2)cccc1[N+](=O)[O-]. The Hall–Kier alpha value is -2.43. The smallest absolute Gasteiger partial charge is 0.274 e. The molecule has 2 rings (SSSR count). The van der Waals surface area contributed by atoms with Crippen molar-refractivity contribution in [3.05, 3.63) is 69.5 Å². The van der Waals surface area contributed by atoms with Crippen LogP contribution in [0.15, 0.2) is 42.5 Å². The lowest BCUT2D eigenvalue weighted by Gasteiger charge is -2.09. The van der Waals surface area contributed by atoms with E-state index in [1.54, 1.807) is 25.1 Å². The van der Waals surface area contributed by atoms with Crippen LogP contribution in [0, 0.1) is 22.9 Å². The molecule has 0 fully saturated rings. The summed E-state index contributed by atoms with van der Waals surface area (Å²) in [5.41, 5.74) is 2.33. The van der Waals surface area contributed by atoms with E-state index in [1.165, 1.54) is 18.2 Å². The second kappa shape index (κ2) is 6.14. The van der Waals surface area contributed by atoms with E-state index < -0.39 is 4.92 Å². The molecule has 2 aromatic carbocycles. The number of rotatable bonds is 5. The molecule has 0 aromatic heterocycles. The van der Waals surface area contributed by atoms with Crippen LogP contribution >= 0.6 is 0 Å². The summed E-state index contributed by atoms with van der Waals surface area (Å²) in [7, 11) is 0. The van der Waals surface area contributed by atoms with Gasteiger partial charge in [0, 0.05) is 23.9 Å². The number of hydrogen-bond acceptors (Lipinski definition) is 3. The summed E-state index contributed by atoms with van der Waals surface area (Å²) in [4.78, 5) is 10.4. The topological polar surface area (TPSA) is 55.2 Å². The molecule has 0 aliphatic rings. The zero-order chi connectivity index (χ0) is 14.5. The Morgan fingerprint density at radius 1 is 1.25 bits per heavy atom. The largest absolute Gasteiger partial charge is 0.384 e. The molecule has 20 heavy (non-hydrogen) atoms. The van der Waals surface area contributed by atoms with Gasteiger partial charge in [-0.1, -0.05) is 18.2 Å². The highest BCUT2D eigenvalue weighted by Crippen LogP contribution is 2.24. The van der Waals surface area contributed by atoms with Gasteiger partial charge in [-0.3, -0.25) is 10.1 Å². The van der Waals surface area contributed by atoms with Crippen LogP contribution in [0.4, 0.5) is 15.8 Å². The predicted molar refractivity (Wildman–Crippen MR) is 76.4 cm³/mol. The molecular formula is C15H15FN2O2. The molecule has 2 aromatic rings. The molecule has 0 unspecified atom stereocenters. The van der Waals surface area contributed by atoms with E-state index in [4.69, 9.17) is 0 Å². The third-order valence-electron chi connectivity index (χ3n) is 3.12. The summed E-state index contributed by atoms with van der Waals surface area (Å²) in [6, 6.07) is 11.3. The molecule has 4 nitrogen and oxygen atoms in total. The molecule has 0 amide bonds. The first-order chi connectivity index (χ1) is 9.58. The van der Waals surface area contributed by atoms with E-state index >= 15 is 0 Å². The van der Waals surface area contributed by atoms with Gasteiger partial charge in [0.1, 0.15) is 5.82 Å². The van der Waals surface area contributed by atoms with E-state index in [2.05, 4.69) is 5.32 Å². The molecule has 5 heteroatoms. The van der Waals surface area contributed by atoms with Gasteiger partial charge < -0.3 is 5.32 Å². The molecule has 0 aliphatic heterocycles. The molecule has 0 heterocycles. The molecule has 0 spiro atoms. The average Bonchev–Trinajstić information content (AvgIpc) is 2.40. The second-order valence-electron chi connectivity index (χ2n) is 4.51. The van der Waals surface area contributed by atoms with Gasteiger partial charge >= 0.3 is 0 Å². The van der Waals surface area contributed by atoms with Crippen LogP contribution in [0.2, 0.25) is 0 Å². The Morgan fingerprint density at radius 3 is 2.70 bits per heavy atom. The number of nitro benzene ring substituents is 1. The van der Waals surface area contributed by atoms with E-state index in [1.807, 2.05) is 6.07 Å². The fourth-order valence-electron chi connectivity index (χ4n) is 2.05. The molecule has 0 saturated carbocycles. The summed E-state index contributed by atoms with van der Waals surface area (Å²) in [5, 5.41) is 14.0. The Labute approximate surface area is 116 Å². The van der Waals surface area contributed by atoms with Crippen LogP contribution in [0.25, 0.3) is 0 Å². The van der Waals surface area contributed by atoms with Crippen LogP contribution in [0.5, 0.6) is 0 Å². The Morgan fingerprint density at radius 2 is 2.00 bits per heavy atom. The fourth-order valence-corrected chi connectivity index (χ4v) is 2.05. The summed E-state index contributed by atoms with van der Waals surface area (Å²) in [5.74, 6) is -0.256. The maximum absolute atomic E-state index is 13.0. The molecule has 1 N–H and O–H groups in total. The van der Waals surface area contributed by atoms with Crippen LogP contribution in [-0.2, 0) is 6.42 Å². The number of nitrogens with zero attached hydrogens (tertiary/aromatic N) is 1. The van der Waals surface area contributed by atoms with Crippen molar-refractivity contribution >= 4 is 11.4 Å². The first kappa shape index (κ1) is 14.0. The zero-order valence-electron chi connectivity index (χ0n) is 11.1. The minimum Gasteiger partial charge on any atom is -0.384 e. The maximum Gasteiger partial charge on any atom is 0.274 e. The number of halogens is 1. The highest BCUT2D eigenvalue weighted by molar-refractivity contribution is 5.59. The number of benzene rings is 2. The highest BCUT2D eigenvalue weighted by atomic mass is 19.1.